The Balaban J connectivity index is 1.65. The van der Waals surface area contributed by atoms with Crippen LogP contribution < -0.4 is 5.32 Å². The number of benzene rings is 2. The number of halogens is 1. The highest BCUT2D eigenvalue weighted by Crippen LogP contribution is 2.20. The van der Waals surface area contributed by atoms with E-state index in [1.165, 1.54) is 11.1 Å². The van der Waals surface area contributed by atoms with Crippen molar-refractivity contribution in [1.29, 1.82) is 0 Å². The molecule has 1 atom stereocenters. The van der Waals surface area contributed by atoms with Gasteiger partial charge in [0.25, 0.3) is 0 Å². The summed E-state index contributed by atoms with van der Waals surface area (Å²) in [4.78, 5) is 27.8. The molecule has 0 heterocycles. The second-order valence-corrected chi connectivity index (χ2v) is 9.66. The summed E-state index contributed by atoms with van der Waals surface area (Å²) in [7, 11) is 0. The molecule has 0 unspecified atom stereocenters. The lowest BCUT2D eigenvalue weighted by atomic mass is 10.1. The fourth-order valence-corrected chi connectivity index (χ4v) is 4.98. The number of amides is 2. The van der Waals surface area contributed by atoms with Gasteiger partial charge < -0.3 is 10.2 Å². The molecule has 4 nitrogen and oxygen atoms in total. The summed E-state index contributed by atoms with van der Waals surface area (Å²) in [5.74, 6) is 1.01. The minimum absolute atomic E-state index is 0.0254. The molecule has 0 radical (unpaired) electrons. The van der Waals surface area contributed by atoms with Crippen LogP contribution in [0.15, 0.2) is 48.5 Å². The molecule has 166 valence electrons. The van der Waals surface area contributed by atoms with Crippen LogP contribution in [0, 0.1) is 6.92 Å². The van der Waals surface area contributed by atoms with Crippen LogP contribution in [0.25, 0.3) is 0 Å². The van der Waals surface area contributed by atoms with Crippen LogP contribution >= 0.6 is 23.4 Å². The van der Waals surface area contributed by atoms with Gasteiger partial charge in [0.05, 0.1) is 5.75 Å². The normalized spacial score (nSPS) is 14.9. The van der Waals surface area contributed by atoms with E-state index in [9.17, 15) is 9.59 Å². The zero-order chi connectivity index (χ0) is 22.2. The molecule has 1 N–H and O–H groups in total. The highest BCUT2D eigenvalue weighted by Gasteiger charge is 2.28. The van der Waals surface area contributed by atoms with Gasteiger partial charge in [-0.3, -0.25) is 9.59 Å². The summed E-state index contributed by atoms with van der Waals surface area (Å²) in [6.45, 7) is 4.30. The van der Waals surface area contributed by atoms with Crippen LogP contribution in [0.5, 0.6) is 0 Å². The Kier molecular flexibility index (Phi) is 8.85. The van der Waals surface area contributed by atoms with Gasteiger partial charge in [0, 0.05) is 23.4 Å². The van der Waals surface area contributed by atoms with E-state index in [0.29, 0.717) is 17.3 Å². The highest BCUT2D eigenvalue weighted by molar-refractivity contribution is 7.99. The van der Waals surface area contributed by atoms with E-state index in [1.807, 2.05) is 43.3 Å². The summed E-state index contributed by atoms with van der Waals surface area (Å²) in [6, 6.07) is 15.4. The van der Waals surface area contributed by atoms with E-state index in [-0.39, 0.29) is 17.9 Å². The van der Waals surface area contributed by atoms with E-state index in [1.54, 1.807) is 16.7 Å². The molecule has 1 aliphatic carbocycles. The van der Waals surface area contributed by atoms with Gasteiger partial charge in [0.15, 0.2) is 0 Å². The molecule has 3 rings (SSSR count). The van der Waals surface area contributed by atoms with Crippen LogP contribution in [-0.2, 0) is 21.9 Å². The largest absolute Gasteiger partial charge is 0.352 e. The molecule has 2 aromatic carbocycles. The highest BCUT2D eigenvalue weighted by atomic mass is 35.5. The maximum atomic E-state index is 13.2. The summed E-state index contributed by atoms with van der Waals surface area (Å²) in [6.07, 6.45) is 4.36. The predicted molar refractivity (Wildman–Crippen MR) is 129 cm³/mol. The van der Waals surface area contributed by atoms with E-state index in [4.69, 9.17) is 11.6 Å². The van der Waals surface area contributed by atoms with Crippen molar-refractivity contribution in [3.8, 4) is 0 Å². The van der Waals surface area contributed by atoms with E-state index in [0.717, 1.165) is 37.0 Å². The van der Waals surface area contributed by atoms with Gasteiger partial charge in [-0.15, -0.1) is 11.8 Å². The minimum Gasteiger partial charge on any atom is -0.352 e. The molecular weight excluding hydrogens is 428 g/mol. The lowest BCUT2D eigenvalue weighted by Gasteiger charge is -2.29. The topological polar surface area (TPSA) is 49.4 Å². The molecule has 0 spiro atoms. The molecule has 6 heteroatoms. The number of hydrogen-bond donors (Lipinski definition) is 1. The lowest BCUT2D eigenvalue weighted by Crippen LogP contribution is -2.50. The lowest BCUT2D eigenvalue weighted by molar-refractivity contribution is -0.138. The average Bonchev–Trinajstić information content (AvgIpc) is 3.27. The van der Waals surface area contributed by atoms with Gasteiger partial charge in [0.2, 0.25) is 11.8 Å². The van der Waals surface area contributed by atoms with Crippen molar-refractivity contribution in [2.75, 3.05) is 5.75 Å². The molecule has 1 fully saturated rings. The van der Waals surface area contributed by atoms with E-state index >= 15 is 0 Å². The van der Waals surface area contributed by atoms with Crippen LogP contribution in [0.3, 0.4) is 0 Å². The van der Waals surface area contributed by atoms with Crippen molar-refractivity contribution in [2.45, 2.75) is 63.9 Å². The zero-order valence-corrected chi connectivity index (χ0v) is 19.8. The van der Waals surface area contributed by atoms with Crippen molar-refractivity contribution >= 4 is 35.2 Å². The number of carbonyl (C=O) groups excluding carboxylic acids is 2. The first-order valence-electron chi connectivity index (χ1n) is 10.9. The van der Waals surface area contributed by atoms with Crippen molar-refractivity contribution < 1.29 is 9.59 Å². The zero-order valence-electron chi connectivity index (χ0n) is 18.3. The molecule has 2 amide bonds. The predicted octanol–water partition coefficient (Wildman–Crippen LogP) is 5.36. The van der Waals surface area contributed by atoms with Crippen molar-refractivity contribution in [3.05, 3.63) is 70.2 Å². The number of nitrogens with zero attached hydrogens (tertiary/aromatic N) is 1. The number of aryl methyl sites for hydroxylation is 1. The van der Waals surface area contributed by atoms with Crippen LogP contribution in [0.2, 0.25) is 5.02 Å². The van der Waals surface area contributed by atoms with Gasteiger partial charge >= 0.3 is 0 Å². The Hall–Kier alpha value is -1.98. The minimum atomic E-state index is -0.525. The van der Waals surface area contributed by atoms with Crippen molar-refractivity contribution in [1.82, 2.24) is 10.2 Å². The first-order valence-corrected chi connectivity index (χ1v) is 12.4. The third kappa shape index (κ3) is 7.01. The number of thioether (sulfide) groups is 1. The Morgan fingerprint density at radius 2 is 1.81 bits per heavy atom. The second-order valence-electron chi connectivity index (χ2n) is 8.23. The standard InChI is InChI=1S/C25H31ClN2O2S/c1-18-7-3-4-8-21(18)16-31-17-24(29)28(15-20-11-13-22(26)14-12-20)19(2)25(30)27-23-9-5-6-10-23/h3-4,7-8,11-14,19,23H,5-6,9-10,15-17H2,1-2H3,(H,27,30)/t19-/m1/s1. The van der Waals surface area contributed by atoms with Crippen LogP contribution in [0.4, 0.5) is 0 Å². The Morgan fingerprint density at radius 3 is 2.48 bits per heavy atom. The maximum absolute atomic E-state index is 13.2. The maximum Gasteiger partial charge on any atom is 0.242 e. The summed E-state index contributed by atoms with van der Waals surface area (Å²) in [5.41, 5.74) is 3.42. The molecule has 0 bridgehead atoms. The Morgan fingerprint density at radius 1 is 1.13 bits per heavy atom. The molecule has 0 aliphatic heterocycles. The Bertz CT molecular complexity index is 881. The average molecular weight is 459 g/mol. The fraction of sp³-hybridized carbons (Fsp3) is 0.440. The third-order valence-electron chi connectivity index (χ3n) is 5.88. The smallest absolute Gasteiger partial charge is 0.242 e. The molecular formula is C25H31ClN2O2S. The molecule has 1 aliphatic rings. The molecule has 1 saturated carbocycles. The molecule has 31 heavy (non-hydrogen) atoms. The number of hydrogen-bond acceptors (Lipinski definition) is 3. The first-order chi connectivity index (χ1) is 14.9. The van der Waals surface area contributed by atoms with Gasteiger partial charge in [-0.2, -0.15) is 0 Å². The SMILES string of the molecule is Cc1ccccc1CSCC(=O)N(Cc1ccc(Cl)cc1)[C@H](C)C(=O)NC1CCCC1. The number of rotatable bonds is 9. The molecule has 0 saturated heterocycles. The fourth-order valence-electron chi connectivity index (χ4n) is 3.86. The number of nitrogens with one attached hydrogen (secondary N) is 1. The quantitative estimate of drug-likeness (QED) is 0.550. The van der Waals surface area contributed by atoms with Gasteiger partial charge in [-0.05, 0) is 55.5 Å². The molecule has 2 aromatic rings. The van der Waals surface area contributed by atoms with Crippen molar-refractivity contribution in [2.24, 2.45) is 0 Å². The van der Waals surface area contributed by atoms with Gasteiger partial charge in [-0.1, -0.05) is 60.8 Å². The van der Waals surface area contributed by atoms with Gasteiger partial charge in [-0.25, -0.2) is 0 Å². The second kappa shape index (κ2) is 11.6. The third-order valence-corrected chi connectivity index (χ3v) is 7.10. The van der Waals surface area contributed by atoms with Crippen LogP contribution in [-0.4, -0.2) is 34.6 Å². The monoisotopic (exact) mass is 458 g/mol. The number of carbonyl (C=O) groups is 2. The summed E-state index contributed by atoms with van der Waals surface area (Å²) in [5, 5.41) is 3.79. The molecule has 0 aromatic heterocycles. The summed E-state index contributed by atoms with van der Waals surface area (Å²) < 4.78 is 0. The van der Waals surface area contributed by atoms with E-state index < -0.39 is 6.04 Å². The van der Waals surface area contributed by atoms with Gasteiger partial charge in [0.1, 0.15) is 6.04 Å². The Labute approximate surface area is 194 Å². The first kappa shape index (κ1) is 23.7. The van der Waals surface area contributed by atoms with E-state index in [2.05, 4.69) is 24.4 Å². The van der Waals surface area contributed by atoms with Crippen molar-refractivity contribution in [3.63, 3.8) is 0 Å². The van der Waals surface area contributed by atoms with Crippen LogP contribution in [0.1, 0.15) is 49.3 Å². The summed E-state index contributed by atoms with van der Waals surface area (Å²) >= 11 is 7.60.